The molecule has 2 heterocycles. The molecule has 3 rings (SSSR count). The van der Waals surface area contributed by atoms with E-state index in [0.29, 0.717) is 17.7 Å². The first kappa shape index (κ1) is 13.3. The molecule has 1 atom stereocenters. The third-order valence-electron chi connectivity index (χ3n) is 4.58. The molecule has 2 amide bonds. The molecule has 0 bridgehead atoms. The van der Waals surface area contributed by atoms with Gasteiger partial charge in [0.1, 0.15) is 0 Å². The first-order valence-electron chi connectivity index (χ1n) is 7.19. The Balaban J connectivity index is 1.83. The summed E-state index contributed by atoms with van der Waals surface area (Å²) >= 11 is 0. The molecule has 1 saturated heterocycles. The second kappa shape index (κ2) is 4.70. The average Bonchev–Trinajstić information content (AvgIpc) is 2.66. The van der Waals surface area contributed by atoms with Crippen LogP contribution < -0.4 is 5.32 Å². The zero-order valence-corrected chi connectivity index (χ0v) is 12.0. The fraction of sp³-hybridized carbons (Fsp3) is 0.500. The van der Waals surface area contributed by atoms with Crippen molar-refractivity contribution in [2.24, 2.45) is 5.41 Å². The van der Waals surface area contributed by atoms with Gasteiger partial charge >= 0.3 is 0 Å². The highest BCUT2D eigenvalue weighted by Gasteiger charge is 2.40. The van der Waals surface area contributed by atoms with Crippen molar-refractivity contribution in [2.45, 2.75) is 32.7 Å². The topological polar surface area (TPSA) is 49.4 Å². The summed E-state index contributed by atoms with van der Waals surface area (Å²) in [7, 11) is 0. The Kier molecular flexibility index (Phi) is 3.13. The molecule has 0 radical (unpaired) electrons. The fourth-order valence-electron chi connectivity index (χ4n) is 3.17. The lowest BCUT2D eigenvalue weighted by molar-refractivity contribution is 0.0579. The van der Waals surface area contributed by atoms with E-state index in [-0.39, 0.29) is 23.3 Å². The lowest BCUT2D eigenvalue weighted by Gasteiger charge is -2.40. The minimum atomic E-state index is -0.159. The van der Waals surface area contributed by atoms with E-state index < -0.39 is 0 Å². The number of imide groups is 1. The lowest BCUT2D eigenvalue weighted by atomic mass is 9.77. The Morgan fingerprint density at radius 3 is 2.35 bits per heavy atom. The minimum absolute atomic E-state index is 0.105. The van der Waals surface area contributed by atoms with Crippen molar-refractivity contribution in [3.8, 4) is 0 Å². The van der Waals surface area contributed by atoms with E-state index in [1.54, 1.807) is 24.3 Å². The number of hydrogen-bond acceptors (Lipinski definition) is 3. The van der Waals surface area contributed by atoms with Gasteiger partial charge in [0.05, 0.1) is 11.1 Å². The maximum Gasteiger partial charge on any atom is 0.261 e. The van der Waals surface area contributed by atoms with Crippen LogP contribution in [0, 0.1) is 5.41 Å². The monoisotopic (exact) mass is 272 g/mol. The smallest absolute Gasteiger partial charge is 0.261 e. The summed E-state index contributed by atoms with van der Waals surface area (Å²) in [5.41, 5.74) is 1.17. The molecular weight excluding hydrogens is 252 g/mol. The molecule has 0 saturated carbocycles. The van der Waals surface area contributed by atoms with Gasteiger partial charge in [0.2, 0.25) is 0 Å². The summed E-state index contributed by atoms with van der Waals surface area (Å²) in [5.74, 6) is -0.317. The normalized spacial score (nSPS) is 24.9. The summed E-state index contributed by atoms with van der Waals surface area (Å²) in [6.45, 7) is 5.81. The number of hydrogen-bond donors (Lipinski definition) is 1. The molecule has 2 aliphatic heterocycles. The largest absolute Gasteiger partial charge is 0.312 e. The van der Waals surface area contributed by atoms with Gasteiger partial charge in [0, 0.05) is 12.6 Å². The summed E-state index contributed by atoms with van der Waals surface area (Å²) in [6, 6.07) is 7.23. The standard InChI is InChI=1S/C16H20N2O2/c1-16(2)8-5-9-17-13(16)10-18-14(19)11-6-3-4-7-12(11)15(18)20/h3-4,6-7,13,17H,5,8-10H2,1-2H3. The van der Waals surface area contributed by atoms with Crippen molar-refractivity contribution in [1.82, 2.24) is 10.2 Å². The van der Waals surface area contributed by atoms with Crippen molar-refractivity contribution in [3.05, 3.63) is 35.4 Å². The first-order valence-corrected chi connectivity index (χ1v) is 7.19. The summed E-state index contributed by atoms with van der Waals surface area (Å²) in [5, 5.41) is 3.46. The molecule has 2 aliphatic rings. The van der Waals surface area contributed by atoms with E-state index in [1.165, 1.54) is 4.90 Å². The number of nitrogens with one attached hydrogen (secondary N) is 1. The third kappa shape index (κ3) is 2.04. The Bertz CT molecular complexity index is 530. The van der Waals surface area contributed by atoms with E-state index in [1.807, 2.05) is 0 Å². The van der Waals surface area contributed by atoms with Gasteiger partial charge in [-0.3, -0.25) is 14.5 Å². The van der Waals surface area contributed by atoms with Crippen LogP contribution in [-0.2, 0) is 0 Å². The number of carbonyl (C=O) groups excluding carboxylic acids is 2. The Labute approximate surface area is 119 Å². The summed E-state index contributed by atoms with van der Waals surface area (Å²) in [6.07, 6.45) is 2.26. The predicted molar refractivity (Wildman–Crippen MR) is 76.6 cm³/mol. The fourth-order valence-corrected chi connectivity index (χ4v) is 3.17. The van der Waals surface area contributed by atoms with Gasteiger partial charge in [0.15, 0.2) is 0 Å². The number of benzene rings is 1. The SMILES string of the molecule is CC1(C)CCCNC1CN1C(=O)c2ccccc2C1=O. The van der Waals surface area contributed by atoms with E-state index in [9.17, 15) is 9.59 Å². The van der Waals surface area contributed by atoms with Gasteiger partial charge in [-0.15, -0.1) is 0 Å². The minimum Gasteiger partial charge on any atom is -0.312 e. The first-order chi connectivity index (χ1) is 9.50. The highest BCUT2D eigenvalue weighted by Crippen LogP contribution is 2.32. The van der Waals surface area contributed by atoms with E-state index in [2.05, 4.69) is 19.2 Å². The third-order valence-corrected chi connectivity index (χ3v) is 4.58. The molecule has 4 heteroatoms. The number of carbonyl (C=O) groups is 2. The molecule has 0 aromatic heterocycles. The van der Waals surface area contributed by atoms with Crippen molar-refractivity contribution in [1.29, 1.82) is 0 Å². The number of amides is 2. The van der Waals surface area contributed by atoms with E-state index in [4.69, 9.17) is 0 Å². The highest BCUT2D eigenvalue weighted by molar-refractivity contribution is 6.21. The predicted octanol–water partition coefficient (Wildman–Crippen LogP) is 2.06. The van der Waals surface area contributed by atoms with Crippen LogP contribution in [-0.4, -0.2) is 35.8 Å². The molecular formula is C16H20N2O2. The van der Waals surface area contributed by atoms with Crippen molar-refractivity contribution in [3.63, 3.8) is 0 Å². The van der Waals surface area contributed by atoms with Crippen LogP contribution in [0.2, 0.25) is 0 Å². The molecule has 1 N–H and O–H groups in total. The van der Waals surface area contributed by atoms with Gasteiger partial charge < -0.3 is 5.32 Å². The lowest BCUT2D eigenvalue weighted by Crippen LogP contribution is -2.53. The maximum atomic E-state index is 12.4. The molecule has 1 aromatic rings. The van der Waals surface area contributed by atoms with E-state index >= 15 is 0 Å². The molecule has 106 valence electrons. The number of rotatable bonds is 2. The van der Waals surface area contributed by atoms with Crippen LogP contribution in [0.3, 0.4) is 0 Å². The molecule has 4 nitrogen and oxygen atoms in total. The summed E-state index contributed by atoms with van der Waals surface area (Å²) < 4.78 is 0. The van der Waals surface area contributed by atoms with Crippen molar-refractivity contribution < 1.29 is 9.59 Å². The molecule has 20 heavy (non-hydrogen) atoms. The van der Waals surface area contributed by atoms with E-state index in [0.717, 1.165) is 19.4 Å². The van der Waals surface area contributed by atoms with Crippen LogP contribution in [0.1, 0.15) is 47.4 Å². The second-order valence-corrected chi connectivity index (χ2v) is 6.37. The molecule has 0 spiro atoms. The number of piperidine rings is 1. The zero-order chi connectivity index (χ0) is 14.3. The van der Waals surface area contributed by atoms with Gasteiger partial charge in [0.25, 0.3) is 11.8 Å². The van der Waals surface area contributed by atoms with Crippen LogP contribution >= 0.6 is 0 Å². The van der Waals surface area contributed by atoms with Crippen LogP contribution in [0.4, 0.5) is 0 Å². The van der Waals surface area contributed by atoms with Crippen LogP contribution in [0.15, 0.2) is 24.3 Å². The Hall–Kier alpha value is -1.68. The molecule has 1 unspecified atom stereocenters. The highest BCUT2D eigenvalue weighted by atomic mass is 16.2. The maximum absolute atomic E-state index is 12.4. The van der Waals surface area contributed by atoms with Crippen LogP contribution in [0.5, 0.6) is 0 Å². The van der Waals surface area contributed by atoms with Crippen molar-refractivity contribution >= 4 is 11.8 Å². The van der Waals surface area contributed by atoms with Gasteiger partial charge in [-0.05, 0) is 36.9 Å². The quantitative estimate of drug-likeness (QED) is 0.838. The number of nitrogens with zero attached hydrogens (tertiary/aromatic N) is 1. The average molecular weight is 272 g/mol. The Morgan fingerprint density at radius 1 is 1.20 bits per heavy atom. The summed E-state index contributed by atoms with van der Waals surface area (Å²) in [4.78, 5) is 26.1. The van der Waals surface area contributed by atoms with Gasteiger partial charge in [-0.2, -0.15) is 0 Å². The molecule has 1 fully saturated rings. The molecule has 0 aliphatic carbocycles. The Morgan fingerprint density at radius 2 is 1.80 bits per heavy atom. The van der Waals surface area contributed by atoms with Crippen molar-refractivity contribution in [2.75, 3.05) is 13.1 Å². The van der Waals surface area contributed by atoms with Gasteiger partial charge in [-0.25, -0.2) is 0 Å². The number of fused-ring (bicyclic) bond motifs is 1. The molecule has 1 aromatic carbocycles. The van der Waals surface area contributed by atoms with Crippen LogP contribution in [0.25, 0.3) is 0 Å². The second-order valence-electron chi connectivity index (χ2n) is 6.37. The zero-order valence-electron chi connectivity index (χ0n) is 12.0. The van der Waals surface area contributed by atoms with Gasteiger partial charge in [-0.1, -0.05) is 26.0 Å².